The van der Waals surface area contributed by atoms with Crippen molar-refractivity contribution >= 4 is 16.6 Å². The van der Waals surface area contributed by atoms with Crippen LogP contribution in [0.15, 0.2) is 54.7 Å². The van der Waals surface area contributed by atoms with Gasteiger partial charge in [-0.2, -0.15) is 0 Å². The largest absolute Gasteiger partial charge is 0.367 e. The lowest BCUT2D eigenvalue weighted by molar-refractivity contribution is 0.840. The standard InChI is InChI=1S/C17H16N2/c1-2-7-17-13(4-1)9-11-19(17)12-14-5-3-6-16-15(14)8-10-18-16/h1-8,10,18H,9,11-12H2. The molecule has 3 aromatic rings. The molecule has 0 saturated carbocycles. The van der Waals surface area contributed by atoms with E-state index in [0.717, 1.165) is 13.1 Å². The summed E-state index contributed by atoms with van der Waals surface area (Å²) in [4.78, 5) is 5.77. The van der Waals surface area contributed by atoms with E-state index in [1.54, 1.807) is 0 Å². The Bertz CT molecular complexity index is 727. The fraction of sp³-hybridized carbons (Fsp3) is 0.176. The van der Waals surface area contributed by atoms with Crippen LogP contribution >= 0.6 is 0 Å². The first-order valence-corrected chi connectivity index (χ1v) is 6.80. The molecule has 0 aliphatic carbocycles. The van der Waals surface area contributed by atoms with Crippen LogP contribution in [-0.4, -0.2) is 11.5 Å². The second-order valence-electron chi connectivity index (χ2n) is 5.16. The third-order valence-electron chi connectivity index (χ3n) is 4.03. The summed E-state index contributed by atoms with van der Waals surface area (Å²) in [5.41, 5.74) is 5.50. The van der Waals surface area contributed by atoms with Gasteiger partial charge < -0.3 is 9.88 Å². The highest BCUT2D eigenvalue weighted by Gasteiger charge is 2.18. The lowest BCUT2D eigenvalue weighted by Crippen LogP contribution is -2.19. The zero-order valence-electron chi connectivity index (χ0n) is 10.8. The molecule has 0 spiro atoms. The van der Waals surface area contributed by atoms with Crippen LogP contribution in [0.2, 0.25) is 0 Å². The first-order valence-electron chi connectivity index (χ1n) is 6.80. The fourth-order valence-corrected chi connectivity index (χ4v) is 3.06. The van der Waals surface area contributed by atoms with Gasteiger partial charge in [-0.1, -0.05) is 30.3 Å². The number of H-pyrrole nitrogens is 1. The van der Waals surface area contributed by atoms with E-state index in [2.05, 4.69) is 58.4 Å². The van der Waals surface area contributed by atoms with E-state index < -0.39 is 0 Å². The molecule has 0 unspecified atom stereocenters. The third-order valence-corrected chi connectivity index (χ3v) is 4.03. The molecule has 0 bridgehead atoms. The van der Waals surface area contributed by atoms with Crippen LogP contribution < -0.4 is 4.90 Å². The molecule has 19 heavy (non-hydrogen) atoms. The number of fused-ring (bicyclic) bond motifs is 2. The number of hydrogen-bond acceptors (Lipinski definition) is 1. The highest BCUT2D eigenvalue weighted by atomic mass is 15.1. The van der Waals surface area contributed by atoms with Gasteiger partial charge in [0.25, 0.3) is 0 Å². The Labute approximate surface area is 112 Å². The van der Waals surface area contributed by atoms with Crippen LogP contribution in [0.1, 0.15) is 11.1 Å². The summed E-state index contributed by atoms with van der Waals surface area (Å²) in [5, 5.41) is 1.34. The monoisotopic (exact) mass is 248 g/mol. The van der Waals surface area contributed by atoms with Gasteiger partial charge in [-0.3, -0.25) is 0 Å². The van der Waals surface area contributed by atoms with E-state index >= 15 is 0 Å². The van der Waals surface area contributed by atoms with E-state index in [1.165, 1.54) is 34.1 Å². The molecule has 2 heterocycles. The van der Waals surface area contributed by atoms with Crippen molar-refractivity contribution in [1.29, 1.82) is 0 Å². The predicted octanol–water partition coefficient (Wildman–Crippen LogP) is 3.73. The summed E-state index contributed by atoms with van der Waals surface area (Å²) >= 11 is 0. The van der Waals surface area contributed by atoms with E-state index in [-0.39, 0.29) is 0 Å². The Morgan fingerprint density at radius 2 is 1.95 bits per heavy atom. The fourth-order valence-electron chi connectivity index (χ4n) is 3.06. The van der Waals surface area contributed by atoms with Crippen LogP contribution in [0.3, 0.4) is 0 Å². The zero-order chi connectivity index (χ0) is 12.7. The average molecular weight is 248 g/mol. The minimum absolute atomic E-state index is 0.992. The summed E-state index contributed by atoms with van der Waals surface area (Å²) in [6, 6.07) is 17.4. The van der Waals surface area contributed by atoms with Crippen LogP contribution in [-0.2, 0) is 13.0 Å². The molecule has 0 saturated heterocycles. The summed E-state index contributed by atoms with van der Waals surface area (Å²) < 4.78 is 0. The zero-order valence-corrected chi connectivity index (χ0v) is 10.8. The number of aromatic amines is 1. The highest BCUT2D eigenvalue weighted by Crippen LogP contribution is 2.30. The molecular weight excluding hydrogens is 232 g/mol. The lowest BCUT2D eigenvalue weighted by Gasteiger charge is -2.20. The minimum Gasteiger partial charge on any atom is -0.367 e. The van der Waals surface area contributed by atoms with E-state index in [0.29, 0.717) is 0 Å². The molecule has 0 fully saturated rings. The van der Waals surface area contributed by atoms with Gasteiger partial charge in [-0.05, 0) is 35.7 Å². The second-order valence-corrected chi connectivity index (χ2v) is 5.16. The summed E-state index contributed by atoms with van der Waals surface area (Å²) in [6.07, 6.45) is 3.19. The van der Waals surface area contributed by atoms with Gasteiger partial charge in [0.05, 0.1) is 0 Å². The average Bonchev–Trinajstić information content (AvgIpc) is 3.06. The van der Waals surface area contributed by atoms with E-state index in [4.69, 9.17) is 0 Å². The number of benzene rings is 2. The number of rotatable bonds is 2. The summed E-state index contributed by atoms with van der Waals surface area (Å²) in [6.45, 7) is 2.12. The van der Waals surface area contributed by atoms with Gasteiger partial charge in [0.1, 0.15) is 0 Å². The summed E-state index contributed by atoms with van der Waals surface area (Å²) in [5.74, 6) is 0. The van der Waals surface area contributed by atoms with Crippen molar-refractivity contribution in [2.75, 3.05) is 11.4 Å². The Kier molecular flexibility index (Phi) is 2.34. The van der Waals surface area contributed by atoms with Gasteiger partial charge in [-0.25, -0.2) is 0 Å². The summed E-state index contributed by atoms with van der Waals surface area (Å²) in [7, 11) is 0. The van der Waals surface area contributed by atoms with Gasteiger partial charge >= 0.3 is 0 Å². The maximum atomic E-state index is 3.29. The Balaban J connectivity index is 1.71. The first-order chi connectivity index (χ1) is 9.42. The second kappa shape index (κ2) is 4.16. The molecule has 0 amide bonds. The molecule has 1 aliphatic rings. The predicted molar refractivity (Wildman–Crippen MR) is 79.5 cm³/mol. The molecule has 94 valence electrons. The van der Waals surface area contributed by atoms with Gasteiger partial charge in [0, 0.05) is 35.9 Å². The van der Waals surface area contributed by atoms with Gasteiger partial charge in [0.2, 0.25) is 0 Å². The molecule has 0 radical (unpaired) electrons. The molecule has 1 aliphatic heterocycles. The molecule has 1 aromatic heterocycles. The molecule has 4 rings (SSSR count). The third kappa shape index (κ3) is 1.72. The number of anilines is 1. The van der Waals surface area contributed by atoms with Crippen molar-refractivity contribution < 1.29 is 0 Å². The van der Waals surface area contributed by atoms with Crippen molar-refractivity contribution in [3.63, 3.8) is 0 Å². The Hall–Kier alpha value is -2.22. The SMILES string of the molecule is c1ccc2c(c1)CCN2Cc1cccc2[nH]ccc12. The Morgan fingerprint density at radius 3 is 2.95 bits per heavy atom. The van der Waals surface area contributed by atoms with Crippen molar-refractivity contribution in [3.8, 4) is 0 Å². The maximum Gasteiger partial charge on any atom is 0.0457 e. The van der Waals surface area contributed by atoms with Crippen LogP contribution in [0.5, 0.6) is 0 Å². The molecular formula is C17H16N2. The number of aromatic nitrogens is 1. The van der Waals surface area contributed by atoms with Crippen LogP contribution in [0.25, 0.3) is 10.9 Å². The van der Waals surface area contributed by atoms with Crippen LogP contribution in [0, 0.1) is 0 Å². The smallest absolute Gasteiger partial charge is 0.0457 e. The molecule has 2 heteroatoms. The van der Waals surface area contributed by atoms with Gasteiger partial charge in [-0.15, -0.1) is 0 Å². The molecule has 2 nitrogen and oxygen atoms in total. The first kappa shape index (κ1) is 10.7. The molecule has 0 atom stereocenters. The lowest BCUT2D eigenvalue weighted by atomic mass is 10.1. The normalized spacial score (nSPS) is 14.0. The number of hydrogen-bond donors (Lipinski definition) is 1. The minimum atomic E-state index is 0.992. The topological polar surface area (TPSA) is 19.0 Å². The van der Waals surface area contributed by atoms with Crippen molar-refractivity contribution in [1.82, 2.24) is 4.98 Å². The number of para-hydroxylation sites is 1. The Morgan fingerprint density at radius 1 is 1.00 bits per heavy atom. The van der Waals surface area contributed by atoms with E-state index in [9.17, 15) is 0 Å². The van der Waals surface area contributed by atoms with Crippen molar-refractivity contribution in [3.05, 3.63) is 65.9 Å². The van der Waals surface area contributed by atoms with E-state index in [1.807, 2.05) is 6.20 Å². The molecule has 1 N–H and O–H groups in total. The van der Waals surface area contributed by atoms with Gasteiger partial charge in [0.15, 0.2) is 0 Å². The quantitative estimate of drug-likeness (QED) is 0.732. The van der Waals surface area contributed by atoms with Crippen molar-refractivity contribution in [2.45, 2.75) is 13.0 Å². The highest BCUT2D eigenvalue weighted by molar-refractivity contribution is 5.83. The number of nitrogens with zero attached hydrogens (tertiary/aromatic N) is 1. The molecule has 2 aromatic carbocycles. The van der Waals surface area contributed by atoms with Crippen LogP contribution in [0.4, 0.5) is 5.69 Å². The number of nitrogens with one attached hydrogen (secondary N) is 1. The van der Waals surface area contributed by atoms with Crippen molar-refractivity contribution in [2.24, 2.45) is 0 Å². The maximum absolute atomic E-state index is 3.29.